The Bertz CT molecular complexity index is 789. The highest BCUT2D eigenvalue weighted by atomic mass is 79.9. The van der Waals surface area contributed by atoms with Crippen LogP contribution in [0.15, 0.2) is 53.3 Å². The number of hydrogen-bond acceptors (Lipinski definition) is 5. The van der Waals surface area contributed by atoms with Gasteiger partial charge < -0.3 is 5.32 Å². The van der Waals surface area contributed by atoms with Gasteiger partial charge in [-0.05, 0) is 40.8 Å². The maximum absolute atomic E-state index is 12.0. The van der Waals surface area contributed by atoms with Gasteiger partial charge in [0, 0.05) is 16.9 Å². The van der Waals surface area contributed by atoms with Crippen LogP contribution in [0.2, 0.25) is 0 Å². The van der Waals surface area contributed by atoms with Crippen molar-refractivity contribution in [2.75, 3.05) is 0 Å². The number of carbonyl (C=O) groups excluding carboxylic acids is 1. The van der Waals surface area contributed by atoms with Crippen molar-refractivity contribution in [2.45, 2.75) is 6.54 Å². The van der Waals surface area contributed by atoms with Gasteiger partial charge in [0.2, 0.25) is 0 Å². The minimum Gasteiger partial charge on any atom is -0.345 e. The molecule has 0 unspecified atom stereocenters. The summed E-state index contributed by atoms with van der Waals surface area (Å²) in [7, 11) is 0. The van der Waals surface area contributed by atoms with Crippen LogP contribution in [0.3, 0.4) is 0 Å². The number of benzene rings is 1. The standard InChI is InChI=1S/C14H11BrN6O/c15-11-4-1-5-12(7-11)21-13(18-19-20-21)9-17-14(22)10-3-2-6-16-8-10/h1-8H,9H2,(H,17,22). The number of carbonyl (C=O) groups is 1. The third-order valence-corrected chi connectivity index (χ3v) is 3.41. The number of pyridine rings is 1. The van der Waals surface area contributed by atoms with Crippen LogP contribution in [0.25, 0.3) is 5.69 Å². The van der Waals surface area contributed by atoms with Crippen molar-refractivity contribution >= 4 is 21.8 Å². The Morgan fingerprint density at radius 1 is 1.27 bits per heavy atom. The van der Waals surface area contributed by atoms with Gasteiger partial charge in [-0.1, -0.05) is 22.0 Å². The number of halogens is 1. The summed E-state index contributed by atoms with van der Waals surface area (Å²) < 4.78 is 2.50. The monoisotopic (exact) mass is 358 g/mol. The van der Waals surface area contributed by atoms with E-state index in [2.05, 4.69) is 41.8 Å². The maximum atomic E-state index is 12.0. The highest BCUT2D eigenvalue weighted by Gasteiger charge is 2.11. The number of hydrogen-bond donors (Lipinski definition) is 1. The Balaban J connectivity index is 1.75. The van der Waals surface area contributed by atoms with Crippen molar-refractivity contribution in [1.29, 1.82) is 0 Å². The predicted octanol–water partition coefficient (Wildman–Crippen LogP) is 1.75. The Morgan fingerprint density at radius 3 is 2.95 bits per heavy atom. The third kappa shape index (κ3) is 3.17. The zero-order valence-electron chi connectivity index (χ0n) is 11.3. The molecule has 1 aromatic carbocycles. The molecule has 3 aromatic rings. The quantitative estimate of drug-likeness (QED) is 0.767. The van der Waals surface area contributed by atoms with E-state index in [1.807, 2.05) is 24.3 Å². The molecule has 1 amide bonds. The Kier molecular flexibility index (Phi) is 4.19. The molecular weight excluding hydrogens is 348 g/mol. The molecule has 7 nitrogen and oxygen atoms in total. The first kappa shape index (κ1) is 14.3. The van der Waals surface area contributed by atoms with Crippen molar-refractivity contribution in [2.24, 2.45) is 0 Å². The van der Waals surface area contributed by atoms with E-state index >= 15 is 0 Å². The molecule has 0 aliphatic rings. The number of nitrogens with one attached hydrogen (secondary N) is 1. The van der Waals surface area contributed by atoms with Crippen molar-refractivity contribution in [3.8, 4) is 5.69 Å². The van der Waals surface area contributed by atoms with Gasteiger partial charge in [-0.2, -0.15) is 4.68 Å². The summed E-state index contributed by atoms with van der Waals surface area (Å²) in [6, 6.07) is 11.0. The maximum Gasteiger partial charge on any atom is 0.253 e. The molecule has 0 saturated heterocycles. The largest absolute Gasteiger partial charge is 0.345 e. The predicted molar refractivity (Wildman–Crippen MR) is 82.3 cm³/mol. The van der Waals surface area contributed by atoms with E-state index in [1.54, 1.807) is 23.0 Å². The lowest BCUT2D eigenvalue weighted by Gasteiger charge is -2.06. The zero-order chi connectivity index (χ0) is 15.4. The van der Waals surface area contributed by atoms with E-state index in [1.165, 1.54) is 6.20 Å². The molecule has 0 aliphatic carbocycles. The van der Waals surface area contributed by atoms with Gasteiger partial charge in [0.1, 0.15) is 0 Å². The van der Waals surface area contributed by atoms with Crippen LogP contribution in [0.4, 0.5) is 0 Å². The fourth-order valence-corrected chi connectivity index (χ4v) is 2.27. The molecule has 22 heavy (non-hydrogen) atoms. The molecule has 0 aliphatic heterocycles. The lowest BCUT2D eigenvalue weighted by atomic mass is 10.3. The molecule has 0 saturated carbocycles. The van der Waals surface area contributed by atoms with Gasteiger partial charge in [-0.25, -0.2) is 0 Å². The average molecular weight is 359 g/mol. The van der Waals surface area contributed by atoms with Gasteiger partial charge in [-0.15, -0.1) is 5.10 Å². The van der Waals surface area contributed by atoms with Crippen LogP contribution in [0.1, 0.15) is 16.2 Å². The number of aromatic nitrogens is 5. The van der Waals surface area contributed by atoms with E-state index in [-0.39, 0.29) is 12.5 Å². The summed E-state index contributed by atoms with van der Waals surface area (Å²) in [4.78, 5) is 15.9. The molecule has 3 rings (SSSR count). The number of tetrazole rings is 1. The topological polar surface area (TPSA) is 85.6 Å². The van der Waals surface area contributed by atoms with Gasteiger partial charge in [0.15, 0.2) is 5.82 Å². The second kappa shape index (κ2) is 6.44. The van der Waals surface area contributed by atoms with Gasteiger partial charge in [-0.3, -0.25) is 9.78 Å². The number of rotatable bonds is 4. The average Bonchev–Trinajstić information content (AvgIpc) is 3.02. The first-order valence-electron chi connectivity index (χ1n) is 6.45. The smallest absolute Gasteiger partial charge is 0.253 e. The minimum atomic E-state index is -0.225. The van der Waals surface area contributed by atoms with Crippen LogP contribution in [0, 0.1) is 0 Å². The van der Waals surface area contributed by atoms with Crippen molar-refractivity contribution < 1.29 is 4.79 Å². The van der Waals surface area contributed by atoms with E-state index in [9.17, 15) is 4.79 Å². The molecule has 1 N–H and O–H groups in total. The van der Waals surface area contributed by atoms with Crippen LogP contribution >= 0.6 is 15.9 Å². The minimum absolute atomic E-state index is 0.216. The van der Waals surface area contributed by atoms with Gasteiger partial charge >= 0.3 is 0 Å². The first-order valence-corrected chi connectivity index (χ1v) is 7.25. The summed E-state index contributed by atoms with van der Waals surface area (Å²) >= 11 is 3.41. The summed E-state index contributed by atoms with van der Waals surface area (Å²) in [5, 5.41) is 14.3. The van der Waals surface area contributed by atoms with Crippen LogP contribution in [0.5, 0.6) is 0 Å². The van der Waals surface area contributed by atoms with Crippen LogP contribution in [-0.2, 0) is 6.54 Å². The van der Waals surface area contributed by atoms with Gasteiger partial charge in [0.25, 0.3) is 5.91 Å². The molecule has 0 spiro atoms. The number of nitrogens with zero attached hydrogens (tertiary/aromatic N) is 5. The molecule has 2 heterocycles. The summed E-state index contributed by atoms with van der Waals surface area (Å²) in [6.07, 6.45) is 3.12. The highest BCUT2D eigenvalue weighted by Crippen LogP contribution is 2.15. The molecule has 0 radical (unpaired) electrons. The first-order chi connectivity index (χ1) is 10.7. The SMILES string of the molecule is O=C(NCc1nnnn1-c1cccc(Br)c1)c1cccnc1. The molecule has 8 heteroatoms. The lowest BCUT2D eigenvalue weighted by molar-refractivity contribution is 0.0949. The van der Waals surface area contributed by atoms with E-state index in [4.69, 9.17) is 0 Å². The lowest BCUT2D eigenvalue weighted by Crippen LogP contribution is -2.24. The molecule has 110 valence electrons. The Hall–Kier alpha value is -2.61. The second-order valence-corrected chi connectivity index (χ2v) is 5.33. The summed E-state index contributed by atoms with van der Waals surface area (Å²) in [6.45, 7) is 0.216. The molecular formula is C14H11BrN6O. The van der Waals surface area contributed by atoms with Crippen molar-refractivity contribution in [3.05, 3.63) is 64.7 Å². The van der Waals surface area contributed by atoms with E-state index in [0.717, 1.165) is 10.2 Å². The molecule has 0 fully saturated rings. The fourth-order valence-electron chi connectivity index (χ4n) is 1.88. The van der Waals surface area contributed by atoms with Crippen molar-refractivity contribution in [1.82, 2.24) is 30.5 Å². The summed E-state index contributed by atoms with van der Waals surface area (Å²) in [5.74, 6) is 0.312. The molecule has 0 atom stereocenters. The Labute approximate surface area is 134 Å². The fraction of sp³-hybridized carbons (Fsp3) is 0.0714. The van der Waals surface area contributed by atoms with Crippen LogP contribution < -0.4 is 5.32 Å². The van der Waals surface area contributed by atoms with E-state index in [0.29, 0.717) is 11.4 Å². The Morgan fingerprint density at radius 2 is 2.18 bits per heavy atom. The number of amides is 1. The normalized spacial score (nSPS) is 10.4. The third-order valence-electron chi connectivity index (χ3n) is 2.92. The zero-order valence-corrected chi connectivity index (χ0v) is 12.9. The second-order valence-electron chi connectivity index (χ2n) is 4.41. The highest BCUT2D eigenvalue weighted by molar-refractivity contribution is 9.10. The molecule has 2 aromatic heterocycles. The van der Waals surface area contributed by atoms with Crippen molar-refractivity contribution in [3.63, 3.8) is 0 Å². The summed E-state index contributed by atoms with van der Waals surface area (Å²) in [5.41, 5.74) is 1.30. The van der Waals surface area contributed by atoms with Gasteiger partial charge in [0.05, 0.1) is 17.8 Å². The van der Waals surface area contributed by atoms with Crippen LogP contribution in [-0.4, -0.2) is 31.1 Å². The molecule has 0 bridgehead atoms. The van der Waals surface area contributed by atoms with E-state index < -0.39 is 0 Å².